The average Bonchev–Trinajstić information content (AvgIpc) is 2.16. The van der Waals surface area contributed by atoms with Crippen LogP contribution >= 0.6 is 0 Å². The molecule has 0 unspecified atom stereocenters. The average molecular weight is 180 g/mol. The van der Waals surface area contributed by atoms with Crippen LogP contribution in [0.2, 0.25) is 0 Å². The van der Waals surface area contributed by atoms with Crippen molar-refractivity contribution in [2.75, 3.05) is 7.11 Å². The summed E-state index contributed by atoms with van der Waals surface area (Å²) in [6.45, 7) is 6.51. The van der Waals surface area contributed by atoms with Crippen molar-refractivity contribution in [1.82, 2.24) is 4.98 Å². The van der Waals surface area contributed by atoms with E-state index in [0.717, 1.165) is 12.3 Å². The van der Waals surface area contributed by atoms with E-state index < -0.39 is 11.8 Å². The molecule has 1 aromatic heterocycles. The zero-order chi connectivity index (χ0) is 9.84. The number of methoxy groups -OCH3 is 1. The third-order valence-electron chi connectivity index (χ3n) is 1.35. The van der Waals surface area contributed by atoms with Gasteiger partial charge in [0.1, 0.15) is 11.8 Å². The van der Waals surface area contributed by atoms with Crippen LogP contribution in [0.15, 0.2) is 12.3 Å². The van der Waals surface area contributed by atoms with Crippen molar-refractivity contribution in [3.8, 4) is 0 Å². The lowest BCUT2D eigenvalue weighted by Gasteiger charge is -1.97. The van der Waals surface area contributed by atoms with E-state index in [-0.39, 0.29) is 11.4 Å². The van der Waals surface area contributed by atoms with Gasteiger partial charge in [-0.2, -0.15) is 0 Å². The summed E-state index contributed by atoms with van der Waals surface area (Å²) in [5.74, 6) is -1.85. The van der Waals surface area contributed by atoms with Crippen LogP contribution in [0.3, 0.4) is 0 Å². The van der Waals surface area contributed by atoms with Gasteiger partial charge in [0.2, 0.25) is 0 Å². The summed E-state index contributed by atoms with van der Waals surface area (Å²) < 4.78 is 17.2. The Kier molecular flexibility index (Phi) is 2.55. The fourth-order valence-electron chi connectivity index (χ4n) is 0.742. The van der Waals surface area contributed by atoms with Crippen molar-refractivity contribution < 1.29 is 13.9 Å². The van der Waals surface area contributed by atoms with E-state index in [1.807, 2.05) is 0 Å². The second kappa shape index (κ2) is 3.63. The Morgan fingerprint density at radius 1 is 1.77 bits per heavy atom. The van der Waals surface area contributed by atoms with Gasteiger partial charge >= 0.3 is 11.8 Å². The second-order valence-electron chi connectivity index (χ2n) is 2.13. The van der Waals surface area contributed by atoms with E-state index in [1.165, 1.54) is 7.11 Å². The minimum absolute atomic E-state index is 0.00704. The Labute approximate surface area is 73.8 Å². The van der Waals surface area contributed by atoms with Crippen LogP contribution in [0.1, 0.15) is 10.4 Å². The first-order chi connectivity index (χ1) is 6.19. The van der Waals surface area contributed by atoms with Crippen LogP contribution < -0.4 is 0 Å². The van der Waals surface area contributed by atoms with E-state index >= 15 is 0 Å². The maximum atomic E-state index is 12.9. The first-order valence-corrected chi connectivity index (χ1v) is 3.30. The third kappa shape index (κ3) is 1.79. The van der Waals surface area contributed by atoms with Gasteiger partial charge in [0.15, 0.2) is 5.82 Å². The molecule has 0 bridgehead atoms. The number of ether oxygens (including phenoxy) is 1. The van der Waals surface area contributed by atoms with Gasteiger partial charge in [-0.1, -0.05) is 6.57 Å². The van der Waals surface area contributed by atoms with Crippen LogP contribution in [0.25, 0.3) is 4.85 Å². The maximum Gasteiger partial charge on any atom is 0.341 e. The number of pyridine rings is 1. The number of esters is 1. The monoisotopic (exact) mass is 180 g/mol. The summed E-state index contributed by atoms with van der Waals surface area (Å²) in [4.78, 5) is 17.1. The lowest BCUT2D eigenvalue weighted by atomic mass is 10.3. The van der Waals surface area contributed by atoms with Gasteiger partial charge in [-0.3, -0.25) is 0 Å². The molecule has 0 saturated carbocycles. The molecule has 13 heavy (non-hydrogen) atoms. The summed E-state index contributed by atoms with van der Waals surface area (Å²) in [5.41, 5.74) is -0.00704. The molecule has 0 aliphatic carbocycles. The molecule has 0 N–H and O–H groups in total. The summed E-state index contributed by atoms with van der Waals surface area (Å²) in [7, 11) is 1.18. The Bertz CT molecular complexity index is 384. The molecule has 0 spiro atoms. The molecule has 0 aliphatic heterocycles. The quantitative estimate of drug-likeness (QED) is 0.486. The summed E-state index contributed by atoms with van der Waals surface area (Å²) >= 11 is 0. The molecule has 66 valence electrons. The number of hydrogen-bond donors (Lipinski definition) is 0. The minimum atomic E-state index is -0.821. The van der Waals surface area contributed by atoms with Gasteiger partial charge in [0.25, 0.3) is 0 Å². The molecule has 0 atom stereocenters. The molecule has 0 aliphatic rings. The van der Waals surface area contributed by atoms with E-state index in [1.54, 1.807) is 0 Å². The molecule has 0 radical (unpaired) electrons. The Morgan fingerprint density at radius 2 is 2.46 bits per heavy atom. The highest BCUT2D eigenvalue weighted by molar-refractivity contribution is 5.89. The van der Waals surface area contributed by atoms with Crippen LogP contribution in [0.4, 0.5) is 10.2 Å². The van der Waals surface area contributed by atoms with E-state index in [2.05, 4.69) is 14.6 Å². The molecule has 1 rings (SSSR count). The molecule has 0 fully saturated rings. The number of hydrogen-bond acceptors (Lipinski definition) is 3. The van der Waals surface area contributed by atoms with Crippen molar-refractivity contribution >= 4 is 11.8 Å². The molecule has 0 saturated heterocycles. The smallest absolute Gasteiger partial charge is 0.341 e. The summed E-state index contributed by atoms with van der Waals surface area (Å²) in [5, 5.41) is 0. The third-order valence-corrected chi connectivity index (χ3v) is 1.35. The van der Waals surface area contributed by atoms with Gasteiger partial charge in [-0.15, -0.1) is 4.98 Å². The van der Waals surface area contributed by atoms with Crippen molar-refractivity contribution in [3.05, 3.63) is 35.1 Å². The summed E-state index contributed by atoms with van der Waals surface area (Å²) in [6, 6.07) is 0.923. The highest BCUT2D eigenvalue weighted by Gasteiger charge is 2.11. The zero-order valence-corrected chi connectivity index (χ0v) is 6.74. The SMILES string of the molecule is [C-]#[N+]c1ncc(C(=O)OC)cc1F. The number of carbonyl (C=O) groups excluding carboxylic acids is 1. The fraction of sp³-hybridized carbons (Fsp3) is 0.125. The van der Waals surface area contributed by atoms with Gasteiger partial charge in [0.05, 0.1) is 7.11 Å². The number of halogens is 1. The first kappa shape index (κ1) is 9.13. The molecular weight excluding hydrogens is 175 g/mol. The lowest BCUT2D eigenvalue weighted by Crippen LogP contribution is -2.02. The molecule has 4 nitrogen and oxygen atoms in total. The number of carbonyl (C=O) groups is 1. The number of nitrogens with zero attached hydrogens (tertiary/aromatic N) is 2. The van der Waals surface area contributed by atoms with Crippen LogP contribution in [-0.2, 0) is 4.74 Å². The van der Waals surface area contributed by atoms with Crippen LogP contribution in [-0.4, -0.2) is 18.1 Å². The first-order valence-electron chi connectivity index (χ1n) is 3.30. The number of rotatable bonds is 1. The van der Waals surface area contributed by atoms with Crippen LogP contribution in [0.5, 0.6) is 0 Å². The zero-order valence-electron chi connectivity index (χ0n) is 6.74. The molecule has 0 amide bonds. The van der Waals surface area contributed by atoms with Crippen molar-refractivity contribution in [2.45, 2.75) is 0 Å². The highest BCUT2D eigenvalue weighted by Crippen LogP contribution is 2.15. The molecule has 0 aromatic carbocycles. The normalized spacial score (nSPS) is 9.00. The molecule has 5 heteroatoms. The predicted molar refractivity (Wildman–Crippen MR) is 41.8 cm³/mol. The Balaban J connectivity index is 3.11. The second-order valence-corrected chi connectivity index (χ2v) is 2.13. The minimum Gasteiger partial charge on any atom is -0.465 e. The van der Waals surface area contributed by atoms with E-state index in [0.29, 0.717) is 0 Å². The van der Waals surface area contributed by atoms with Gasteiger partial charge in [0, 0.05) is 0 Å². The van der Waals surface area contributed by atoms with E-state index in [9.17, 15) is 9.18 Å². The van der Waals surface area contributed by atoms with Crippen molar-refractivity contribution in [1.29, 1.82) is 0 Å². The highest BCUT2D eigenvalue weighted by atomic mass is 19.1. The van der Waals surface area contributed by atoms with Gasteiger partial charge in [-0.05, 0) is 6.07 Å². The van der Waals surface area contributed by atoms with Crippen LogP contribution in [0, 0.1) is 12.4 Å². The van der Waals surface area contributed by atoms with Gasteiger partial charge in [-0.25, -0.2) is 9.18 Å². The largest absolute Gasteiger partial charge is 0.465 e. The summed E-state index contributed by atoms with van der Waals surface area (Å²) in [6.07, 6.45) is 1.10. The van der Waals surface area contributed by atoms with Crippen molar-refractivity contribution in [3.63, 3.8) is 0 Å². The molecule has 1 aromatic rings. The topological polar surface area (TPSA) is 43.5 Å². The van der Waals surface area contributed by atoms with Crippen molar-refractivity contribution in [2.24, 2.45) is 0 Å². The predicted octanol–water partition coefficient (Wildman–Crippen LogP) is 1.56. The Morgan fingerprint density at radius 3 is 2.92 bits per heavy atom. The molecular formula is C8H5FN2O2. The number of aromatic nitrogens is 1. The maximum absolute atomic E-state index is 12.9. The Hall–Kier alpha value is -1.96. The molecule has 1 heterocycles. The lowest BCUT2D eigenvalue weighted by molar-refractivity contribution is 0.0599. The standard InChI is InChI=1S/C8H5FN2O2/c1-10-7-6(9)3-5(4-11-7)8(12)13-2/h3-4H,2H3. The van der Waals surface area contributed by atoms with E-state index in [4.69, 9.17) is 6.57 Å². The van der Waals surface area contributed by atoms with Gasteiger partial charge < -0.3 is 9.58 Å². The fourth-order valence-corrected chi connectivity index (χ4v) is 0.742.